The predicted molar refractivity (Wildman–Crippen MR) is 136 cm³/mol. The summed E-state index contributed by atoms with van der Waals surface area (Å²) in [4.78, 5) is 31.2. The van der Waals surface area contributed by atoms with E-state index >= 15 is 0 Å². The van der Waals surface area contributed by atoms with E-state index in [0.29, 0.717) is 36.3 Å². The summed E-state index contributed by atoms with van der Waals surface area (Å²) >= 11 is 0. The van der Waals surface area contributed by atoms with Crippen LogP contribution in [0.25, 0.3) is 10.9 Å². The largest absolute Gasteiger partial charge is 0.472 e. The molecule has 2 atom stereocenters. The number of aliphatic hydroxyl groups is 1. The molecular formula is C27H30N6O4. The zero-order chi connectivity index (χ0) is 25.7. The summed E-state index contributed by atoms with van der Waals surface area (Å²) in [5, 5.41) is 22.4. The maximum atomic E-state index is 13.3. The Morgan fingerprint density at radius 3 is 2.89 bits per heavy atom. The Morgan fingerprint density at radius 1 is 1.32 bits per heavy atom. The van der Waals surface area contributed by atoms with E-state index in [1.165, 1.54) is 6.26 Å². The fourth-order valence-corrected chi connectivity index (χ4v) is 5.18. The molecule has 3 aromatic rings. The second-order valence-corrected chi connectivity index (χ2v) is 10.2. The molecule has 192 valence electrons. The monoisotopic (exact) mass is 502 g/mol. The number of aromatic nitrogens is 3. The molecule has 2 amide bonds. The number of pyridine rings is 1. The summed E-state index contributed by atoms with van der Waals surface area (Å²) in [7, 11) is 1.81. The summed E-state index contributed by atoms with van der Waals surface area (Å²) < 4.78 is 7.66. The Morgan fingerprint density at radius 2 is 2.16 bits per heavy atom. The molecule has 0 spiro atoms. The number of aryl methyl sites for hydroxylation is 2. The van der Waals surface area contributed by atoms with Crippen LogP contribution in [0.4, 0.5) is 5.69 Å². The summed E-state index contributed by atoms with van der Waals surface area (Å²) in [5.41, 5.74) is 3.17. The smallest absolute Gasteiger partial charge is 0.275 e. The standard InChI is InChI=1S/C27H30N6O4/c1-16-11-18(4-8-28-16)26-32(2)23(15-37-26)25(35)30-22-12-19-14-33(10-5-17-3-9-29-24(17)34)31-21(19)13-20(22)27(36)6-7-27/h4,8,11-15,17,26,36H,3,5-7,9-10H2,1-2H3,(H,29,34)(H,30,35). The maximum absolute atomic E-state index is 13.3. The van der Waals surface area contributed by atoms with Gasteiger partial charge in [0, 0.05) is 66.3 Å². The van der Waals surface area contributed by atoms with Crippen molar-refractivity contribution in [3.63, 3.8) is 0 Å². The molecule has 37 heavy (non-hydrogen) atoms. The number of anilines is 1. The fraction of sp³-hybridized carbons (Fsp3) is 0.407. The van der Waals surface area contributed by atoms with Gasteiger partial charge in [-0.2, -0.15) is 5.10 Å². The summed E-state index contributed by atoms with van der Waals surface area (Å²) in [6, 6.07) is 7.53. The van der Waals surface area contributed by atoms with Crippen LogP contribution in [0, 0.1) is 12.8 Å². The van der Waals surface area contributed by atoms with Gasteiger partial charge in [-0.15, -0.1) is 0 Å². The third-order valence-electron chi connectivity index (χ3n) is 7.51. The molecule has 2 aromatic heterocycles. The number of rotatable bonds is 7. The lowest BCUT2D eigenvalue weighted by molar-refractivity contribution is -0.122. The second kappa shape index (κ2) is 8.88. The van der Waals surface area contributed by atoms with E-state index in [0.717, 1.165) is 41.5 Å². The first-order valence-electron chi connectivity index (χ1n) is 12.6. The number of nitrogens with one attached hydrogen (secondary N) is 2. The molecule has 10 nitrogen and oxygen atoms in total. The zero-order valence-corrected chi connectivity index (χ0v) is 20.9. The number of benzene rings is 1. The van der Waals surface area contributed by atoms with Gasteiger partial charge >= 0.3 is 0 Å². The number of carbonyl (C=O) groups is 2. The van der Waals surface area contributed by atoms with Gasteiger partial charge in [0.15, 0.2) is 6.23 Å². The van der Waals surface area contributed by atoms with Crippen LogP contribution >= 0.6 is 0 Å². The minimum atomic E-state index is -0.966. The number of fused-ring (bicyclic) bond motifs is 1. The van der Waals surface area contributed by atoms with Crippen molar-refractivity contribution in [2.45, 2.75) is 51.0 Å². The van der Waals surface area contributed by atoms with Crippen LogP contribution in [-0.4, -0.2) is 50.2 Å². The zero-order valence-electron chi connectivity index (χ0n) is 20.9. The minimum absolute atomic E-state index is 0.0173. The average molecular weight is 503 g/mol. The highest BCUT2D eigenvalue weighted by molar-refractivity contribution is 6.05. The van der Waals surface area contributed by atoms with Gasteiger partial charge in [0.1, 0.15) is 12.0 Å². The molecule has 2 aliphatic heterocycles. The topological polar surface area (TPSA) is 122 Å². The lowest BCUT2D eigenvalue weighted by atomic mass is 10.0. The van der Waals surface area contributed by atoms with Gasteiger partial charge in [0.05, 0.1) is 11.1 Å². The average Bonchev–Trinajstić information content (AvgIpc) is 3.18. The Hall–Kier alpha value is -3.92. The number of hydrogen-bond acceptors (Lipinski definition) is 7. The van der Waals surface area contributed by atoms with Crippen LogP contribution < -0.4 is 10.6 Å². The van der Waals surface area contributed by atoms with Gasteiger partial charge in [0.2, 0.25) is 5.91 Å². The van der Waals surface area contributed by atoms with Crippen molar-refractivity contribution in [1.29, 1.82) is 0 Å². The lowest BCUT2D eigenvalue weighted by Gasteiger charge is -2.23. The minimum Gasteiger partial charge on any atom is -0.472 e. The second-order valence-electron chi connectivity index (χ2n) is 10.2. The van der Waals surface area contributed by atoms with Crippen molar-refractivity contribution < 1.29 is 19.4 Å². The van der Waals surface area contributed by atoms with Crippen LogP contribution in [0.1, 0.15) is 48.7 Å². The van der Waals surface area contributed by atoms with E-state index in [2.05, 4.69) is 20.7 Å². The van der Waals surface area contributed by atoms with Crippen LogP contribution in [0.2, 0.25) is 0 Å². The molecule has 0 bridgehead atoms. The van der Waals surface area contributed by atoms with Crippen molar-refractivity contribution in [3.05, 3.63) is 65.4 Å². The number of carbonyl (C=O) groups excluding carboxylic acids is 2. The highest BCUT2D eigenvalue weighted by atomic mass is 16.5. The van der Waals surface area contributed by atoms with Crippen LogP contribution in [0.5, 0.6) is 0 Å². The van der Waals surface area contributed by atoms with E-state index < -0.39 is 11.8 Å². The summed E-state index contributed by atoms with van der Waals surface area (Å²) in [5.74, 6) is -0.194. The van der Waals surface area contributed by atoms with Gasteiger partial charge in [-0.3, -0.25) is 19.3 Å². The third-order valence-corrected chi connectivity index (χ3v) is 7.51. The first-order valence-corrected chi connectivity index (χ1v) is 12.6. The summed E-state index contributed by atoms with van der Waals surface area (Å²) in [6.45, 7) is 3.27. The van der Waals surface area contributed by atoms with Gasteiger partial charge in [-0.25, -0.2) is 0 Å². The van der Waals surface area contributed by atoms with E-state index in [-0.39, 0.29) is 17.7 Å². The third kappa shape index (κ3) is 4.42. The highest BCUT2D eigenvalue weighted by Crippen LogP contribution is 2.49. The molecular weight excluding hydrogens is 472 g/mol. The van der Waals surface area contributed by atoms with E-state index in [4.69, 9.17) is 4.74 Å². The molecule has 1 aromatic carbocycles. The van der Waals surface area contributed by atoms with Crippen molar-refractivity contribution in [1.82, 2.24) is 25.0 Å². The highest BCUT2D eigenvalue weighted by Gasteiger charge is 2.44. The first-order chi connectivity index (χ1) is 17.8. The number of hydrogen-bond donors (Lipinski definition) is 3. The van der Waals surface area contributed by atoms with Gasteiger partial charge in [-0.1, -0.05) is 0 Å². The summed E-state index contributed by atoms with van der Waals surface area (Å²) in [6.07, 6.45) is 7.53. The molecule has 1 aliphatic carbocycles. The van der Waals surface area contributed by atoms with Gasteiger partial charge in [-0.05, 0) is 56.9 Å². The number of likely N-dealkylation sites (N-methyl/N-ethyl adjacent to an activating group) is 1. The first kappa shape index (κ1) is 23.5. The molecule has 10 heteroatoms. The van der Waals surface area contributed by atoms with Crippen molar-refractivity contribution >= 4 is 28.4 Å². The fourth-order valence-electron chi connectivity index (χ4n) is 5.18. The van der Waals surface area contributed by atoms with Crippen LogP contribution in [0.3, 0.4) is 0 Å². The Bertz CT molecular complexity index is 1430. The molecule has 2 fully saturated rings. The van der Waals surface area contributed by atoms with E-state index in [1.807, 2.05) is 49.1 Å². The molecule has 6 rings (SSSR count). The maximum Gasteiger partial charge on any atom is 0.275 e. The molecule has 3 N–H and O–H groups in total. The number of amides is 2. The normalized spacial score (nSPS) is 22.1. The molecule has 2 unspecified atom stereocenters. The van der Waals surface area contributed by atoms with Crippen molar-refractivity contribution in [3.8, 4) is 0 Å². The number of ether oxygens (including phenoxy) is 1. The van der Waals surface area contributed by atoms with Gasteiger partial charge in [0.25, 0.3) is 5.91 Å². The van der Waals surface area contributed by atoms with Crippen molar-refractivity contribution in [2.75, 3.05) is 18.9 Å². The van der Waals surface area contributed by atoms with Gasteiger partial charge < -0.3 is 25.4 Å². The molecule has 4 heterocycles. The Labute approximate surface area is 214 Å². The molecule has 1 saturated heterocycles. The quantitative estimate of drug-likeness (QED) is 0.454. The Balaban J connectivity index is 1.22. The molecule has 0 radical (unpaired) electrons. The van der Waals surface area contributed by atoms with E-state index in [1.54, 1.807) is 11.1 Å². The van der Waals surface area contributed by atoms with E-state index in [9.17, 15) is 14.7 Å². The number of nitrogens with zero attached hydrogens (tertiary/aromatic N) is 4. The molecule has 3 aliphatic rings. The Kier molecular flexibility index (Phi) is 5.63. The van der Waals surface area contributed by atoms with Crippen LogP contribution in [0.15, 0.2) is 48.6 Å². The predicted octanol–water partition coefficient (Wildman–Crippen LogP) is 2.69. The molecule has 1 saturated carbocycles. The lowest BCUT2D eigenvalue weighted by Crippen LogP contribution is -2.28. The van der Waals surface area contributed by atoms with Crippen molar-refractivity contribution in [2.24, 2.45) is 5.92 Å². The van der Waals surface area contributed by atoms with Crippen LogP contribution in [-0.2, 0) is 26.5 Å². The SMILES string of the molecule is Cc1cc(C2OC=C(C(=O)Nc3cc4cn(CCC5CCNC5=O)nc4cc3C3(O)CC3)N2C)ccn1.